The standard InChI is InChI=1S/C38H32N8O6/c1-2-30(23-5-10-27(11-6-23)52-29-20-39-38(40-21-29)46-41-15-16-42-46)22-3-8-26(9-4-22)51-28-17-25(18-28)43-24-7-12-31-32(19-24)37(50)45(36(31)49)33-13-14-34(47)44-35(33)48/h2-12,15-16,19-21,25,28,30,33,43H,1,13-14,17-18H2,(H,44,47,48). The molecule has 0 spiro atoms. The van der Waals surface area contributed by atoms with Gasteiger partial charge in [0.25, 0.3) is 17.8 Å². The molecule has 14 nitrogen and oxygen atoms in total. The number of hydrogen-bond donors (Lipinski definition) is 2. The largest absolute Gasteiger partial charge is 0.490 e. The van der Waals surface area contributed by atoms with Crippen molar-refractivity contribution < 1.29 is 28.7 Å². The number of amides is 4. The van der Waals surface area contributed by atoms with E-state index in [0.717, 1.165) is 34.6 Å². The highest BCUT2D eigenvalue weighted by molar-refractivity contribution is 6.23. The van der Waals surface area contributed by atoms with Gasteiger partial charge >= 0.3 is 0 Å². The Morgan fingerprint density at radius 3 is 2.13 bits per heavy atom. The van der Waals surface area contributed by atoms with Gasteiger partial charge < -0.3 is 14.8 Å². The lowest BCUT2D eigenvalue weighted by atomic mass is 9.88. The Balaban J connectivity index is 0.829. The van der Waals surface area contributed by atoms with Gasteiger partial charge in [0.2, 0.25) is 11.8 Å². The van der Waals surface area contributed by atoms with E-state index < -0.39 is 29.7 Å². The van der Waals surface area contributed by atoms with Crippen LogP contribution in [-0.2, 0) is 9.59 Å². The number of nitrogens with zero attached hydrogens (tertiary/aromatic N) is 6. The first-order valence-electron chi connectivity index (χ1n) is 16.8. The summed E-state index contributed by atoms with van der Waals surface area (Å²) in [4.78, 5) is 60.8. The second kappa shape index (κ2) is 13.5. The number of ether oxygens (including phenoxy) is 2. The molecule has 2 N–H and O–H groups in total. The van der Waals surface area contributed by atoms with Gasteiger partial charge in [-0.05, 0) is 60.0 Å². The number of hydrogen-bond acceptors (Lipinski definition) is 11. The monoisotopic (exact) mass is 696 g/mol. The van der Waals surface area contributed by atoms with E-state index in [0.29, 0.717) is 23.1 Å². The summed E-state index contributed by atoms with van der Waals surface area (Å²) >= 11 is 0. The van der Waals surface area contributed by atoms with E-state index in [9.17, 15) is 19.2 Å². The zero-order valence-corrected chi connectivity index (χ0v) is 27.7. The maximum atomic E-state index is 13.2. The summed E-state index contributed by atoms with van der Waals surface area (Å²) in [6.07, 6.45) is 9.88. The van der Waals surface area contributed by atoms with Gasteiger partial charge in [0, 0.05) is 36.9 Å². The molecule has 3 aliphatic rings. The lowest BCUT2D eigenvalue weighted by Crippen LogP contribution is -2.54. The number of aromatic nitrogens is 5. The highest BCUT2D eigenvalue weighted by atomic mass is 16.5. The summed E-state index contributed by atoms with van der Waals surface area (Å²) in [6, 6.07) is 19.9. The lowest BCUT2D eigenvalue weighted by molar-refractivity contribution is -0.136. The quantitative estimate of drug-likeness (QED) is 0.146. The minimum absolute atomic E-state index is 0.0237. The molecule has 4 heterocycles. The number of rotatable bonds is 11. The molecule has 0 bridgehead atoms. The van der Waals surface area contributed by atoms with Crippen LogP contribution in [0.2, 0.25) is 0 Å². The molecule has 14 heteroatoms. The third-order valence-electron chi connectivity index (χ3n) is 9.37. The van der Waals surface area contributed by atoms with Crippen molar-refractivity contribution in [2.75, 3.05) is 5.32 Å². The molecule has 3 aromatic carbocycles. The fourth-order valence-corrected chi connectivity index (χ4v) is 6.65. The first-order chi connectivity index (χ1) is 25.3. The van der Waals surface area contributed by atoms with Crippen molar-refractivity contribution in [3.63, 3.8) is 0 Å². The van der Waals surface area contributed by atoms with Crippen LogP contribution in [0.15, 0.2) is 104 Å². The van der Waals surface area contributed by atoms with Gasteiger partial charge in [-0.3, -0.25) is 29.4 Å². The number of benzene rings is 3. The van der Waals surface area contributed by atoms with Crippen molar-refractivity contribution in [3.8, 4) is 23.2 Å². The number of carbonyl (C=O) groups excluding carboxylic acids is 4. The van der Waals surface area contributed by atoms with E-state index in [1.54, 1.807) is 43.0 Å². The Morgan fingerprint density at radius 2 is 1.48 bits per heavy atom. The van der Waals surface area contributed by atoms with Crippen LogP contribution in [0.5, 0.6) is 17.2 Å². The molecule has 2 aromatic heterocycles. The Labute approximate surface area is 297 Å². The van der Waals surface area contributed by atoms with Crippen molar-refractivity contribution >= 4 is 29.3 Å². The first-order valence-corrected chi connectivity index (χ1v) is 16.8. The summed E-state index contributed by atoms with van der Waals surface area (Å²) < 4.78 is 12.1. The Morgan fingerprint density at radius 1 is 0.827 bits per heavy atom. The van der Waals surface area contributed by atoms with Gasteiger partial charge in [0.05, 0.1) is 35.9 Å². The molecule has 1 saturated carbocycles. The van der Waals surface area contributed by atoms with Gasteiger partial charge in [-0.1, -0.05) is 30.3 Å². The Kier molecular flexibility index (Phi) is 8.47. The third-order valence-corrected chi connectivity index (χ3v) is 9.37. The van der Waals surface area contributed by atoms with Crippen molar-refractivity contribution in [1.29, 1.82) is 0 Å². The number of anilines is 1. The average Bonchev–Trinajstić information content (AvgIpc) is 3.76. The Hall–Kier alpha value is -6.70. The molecule has 2 unspecified atom stereocenters. The smallest absolute Gasteiger partial charge is 0.268 e. The van der Waals surface area contributed by atoms with Crippen molar-refractivity contribution in [2.45, 2.75) is 49.8 Å². The van der Waals surface area contributed by atoms with Crippen LogP contribution in [0.4, 0.5) is 5.69 Å². The van der Waals surface area contributed by atoms with Gasteiger partial charge in [-0.2, -0.15) is 10.2 Å². The molecule has 260 valence electrons. The third kappa shape index (κ3) is 6.37. The molecule has 4 amide bonds. The molecule has 5 aromatic rings. The molecule has 8 rings (SSSR count). The van der Waals surface area contributed by atoms with Crippen LogP contribution >= 0.6 is 0 Å². The summed E-state index contributed by atoms with van der Waals surface area (Å²) in [5.74, 6) is 0.138. The molecule has 1 saturated heterocycles. The molecular weight excluding hydrogens is 664 g/mol. The number of allylic oxidation sites excluding steroid dienone is 1. The fourth-order valence-electron chi connectivity index (χ4n) is 6.65. The highest BCUT2D eigenvalue weighted by Gasteiger charge is 2.44. The van der Waals surface area contributed by atoms with Gasteiger partial charge in [0.1, 0.15) is 23.6 Å². The first kappa shape index (κ1) is 32.5. The maximum absolute atomic E-state index is 13.2. The number of carbonyl (C=O) groups is 4. The van der Waals surface area contributed by atoms with Crippen LogP contribution in [0.3, 0.4) is 0 Å². The zero-order chi connectivity index (χ0) is 35.8. The van der Waals surface area contributed by atoms with E-state index in [4.69, 9.17) is 9.47 Å². The van der Waals surface area contributed by atoms with Crippen molar-refractivity contribution in [1.82, 2.24) is 35.2 Å². The number of nitrogens with one attached hydrogen (secondary N) is 2. The summed E-state index contributed by atoms with van der Waals surface area (Å²) in [6.45, 7) is 4.06. The van der Waals surface area contributed by atoms with E-state index >= 15 is 0 Å². The molecule has 2 atom stereocenters. The SMILES string of the molecule is C=CC(c1ccc(Oc2cnc(-n3nccn3)nc2)cc1)c1ccc(OC2CC(Nc3ccc4c(c3)C(=O)N(C3CCC(=O)NC3=O)C4=O)C2)cc1. The number of fused-ring (bicyclic) bond motifs is 1. The van der Waals surface area contributed by atoms with Crippen molar-refractivity contribution in [2.24, 2.45) is 0 Å². The highest BCUT2D eigenvalue weighted by Crippen LogP contribution is 2.34. The normalized spacial score (nSPS) is 20.1. The predicted octanol–water partition coefficient (Wildman–Crippen LogP) is 4.59. The molecule has 2 aliphatic heterocycles. The van der Waals surface area contributed by atoms with E-state index in [-0.39, 0.29) is 42.0 Å². The Bertz CT molecular complexity index is 2160. The zero-order valence-electron chi connectivity index (χ0n) is 27.7. The topological polar surface area (TPSA) is 171 Å². The average molecular weight is 697 g/mol. The van der Waals surface area contributed by atoms with Crippen LogP contribution in [-0.4, -0.2) is 71.7 Å². The predicted molar refractivity (Wildman–Crippen MR) is 186 cm³/mol. The molecular formula is C38H32N8O6. The van der Waals surface area contributed by atoms with E-state index in [1.807, 2.05) is 54.6 Å². The fraction of sp³-hybridized carbons (Fsp3) is 0.211. The van der Waals surface area contributed by atoms with E-state index in [2.05, 4.69) is 37.4 Å². The van der Waals surface area contributed by atoms with Gasteiger partial charge in [-0.25, -0.2) is 9.97 Å². The minimum atomic E-state index is -0.992. The van der Waals surface area contributed by atoms with Gasteiger partial charge in [0.15, 0.2) is 5.75 Å². The second-order valence-electron chi connectivity index (χ2n) is 12.8. The van der Waals surface area contributed by atoms with Crippen LogP contribution in [0.25, 0.3) is 5.95 Å². The van der Waals surface area contributed by atoms with E-state index in [1.165, 1.54) is 4.80 Å². The minimum Gasteiger partial charge on any atom is -0.490 e. The summed E-state index contributed by atoms with van der Waals surface area (Å²) in [5.41, 5.74) is 3.33. The summed E-state index contributed by atoms with van der Waals surface area (Å²) in [7, 11) is 0. The number of imide groups is 2. The molecule has 0 radical (unpaired) electrons. The van der Waals surface area contributed by atoms with Crippen molar-refractivity contribution in [3.05, 3.63) is 126 Å². The summed E-state index contributed by atoms with van der Waals surface area (Å²) in [5, 5.41) is 13.7. The van der Waals surface area contributed by atoms with Crippen LogP contribution < -0.4 is 20.1 Å². The van der Waals surface area contributed by atoms with Gasteiger partial charge in [-0.15, -0.1) is 11.4 Å². The lowest BCUT2D eigenvalue weighted by Gasteiger charge is -2.36. The van der Waals surface area contributed by atoms with Crippen LogP contribution in [0.1, 0.15) is 63.4 Å². The van der Waals surface area contributed by atoms with Crippen LogP contribution in [0, 0.1) is 0 Å². The maximum Gasteiger partial charge on any atom is 0.268 e. The number of piperidine rings is 1. The second-order valence-corrected chi connectivity index (χ2v) is 12.8. The molecule has 2 fully saturated rings. The molecule has 52 heavy (non-hydrogen) atoms. The molecule has 1 aliphatic carbocycles.